The molecule has 0 radical (unpaired) electrons. The van der Waals surface area contributed by atoms with Crippen molar-refractivity contribution in [2.24, 2.45) is 0 Å². The molecule has 0 aromatic heterocycles. The van der Waals surface area contributed by atoms with E-state index in [0.29, 0.717) is 28.9 Å². The van der Waals surface area contributed by atoms with Crippen molar-refractivity contribution in [1.82, 2.24) is 10.2 Å². The number of amides is 2. The molecule has 2 amide bonds. The van der Waals surface area contributed by atoms with E-state index in [4.69, 9.17) is 11.6 Å². The van der Waals surface area contributed by atoms with Gasteiger partial charge in [0.1, 0.15) is 18.4 Å². The zero-order valence-corrected chi connectivity index (χ0v) is 26.1. The van der Waals surface area contributed by atoms with Gasteiger partial charge in [-0.1, -0.05) is 61.7 Å². The number of carbonyl (C=O) groups excluding carboxylic acids is 2. The van der Waals surface area contributed by atoms with Gasteiger partial charge in [-0.25, -0.2) is 12.8 Å². The highest BCUT2D eigenvalue weighted by atomic mass is 35.5. The van der Waals surface area contributed by atoms with E-state index in [1.165, 1.54) is 48.5 Å². The third-order valence-corrected chi connectivity index (χ3v) is 9.03. The van der Waals surface area contributed by atoms with Gasteiger partial charge in [-0.2, -0.15) is 13.2 Å². The summed E-state index contributed by atoms with van der Waals surface area (Å²) in [4.78, 5) is 28.1. The lowest BCUT2D eigenvalue weighted by Crippen LogP contribution is -2.52. The lowest BCUT2D eigenvalue weighted by molar-refractivity contribution is -0.140. The molecule has 0 bridgehead atoms. The van der Waals surface area contributed by atoms with E-state index in [1.54, 1.807) is 13.8 Å². The maximum atomic E-state index is 14.0. The molecule has 0 spiro atoms. The fraction of sp³-hybridized carbons (Fsp3) is 0.355. The molecule has 0 heterocycles. The number of nitrogens with one attached hydrogen (secondary N) is 1. The van der Waals surface area contributed by atoms with Crippen LogP contribution in [0.4, 0.5) is 23.2 Å². The Kier molecular flexibility index (Phi) is 11.8. The highest BCUT2D eigenvalue weighted by Gasteiger charge is 2.37. The third kappa shape index (κ3) is 8.72. The molecule has 1 unspecified atom stereocenters. The van der Waals surface area contributed by atoms with Crippen molar-refractivity contribution < 1.29 is 35.6 Å². The van der Waals surface area contributed by atoms with Gasteiger partial charge < -0.3 is 10.2 Å². The van der Waals surface area contributed by atoms with Crippen molar-refractivity contribution in [3.8, 4) is 0 Å². The van der Waals surface area contributed by atoms with E-state index in [-0.39, 0.29) is 17.9 Å². The van der Waals surface area contributed by atoms with Crippen molar-refractivity contribution in [3.05, 3.63) is 94.3 Å². The average Bonchev–Trinajstić information content (AvgIpc) is 2.96. The number of benzene rings is 3. The Labute approximate surface area is 259 Å². The molecule has 0 saturated heterocycles. The smallest absolute Gasteiger partial charge is 0.354 e. The highest BCUT2D eigenvalue weighted by molar-refractivity contribution is 7.92. The number of anilines is 1. The highest BCUT2D eigenvalue weighted by Crippen LogP contribution is 2.38. The quantitative estimate of drug-likeness (QED) is 0.164. The van der Waals surface area contributed by atoms with E-state index in [9.17, 15) is 35.6 Å². The molecule has 3 aromatic rings. The van der Waals surface area contributed by atoms with Crippen molar-refractivity contribution >= 4 is 39.1 Å². The monoisotopic (exact) mass is 655 g/mol. The number of hydrogen-bond donors (Lipinski definition) is 1. The number of sulfonamides is 1. The van der Waals surface area contributed by atoms with Gasteiger partial charge in [-0.05, 0) is 67.8 Å². The number of unbranched alkanes of at least 4 members (excludes halogenated alkanes) is 1. The molecule has 13 heteroatoms. The first kappa shape index (κ1) is 34.8. The normalized spacial score (nSPS) is 12.5. The summed E-state index contributed by atoms with van der Waals surface area (Å²) in [5.74, 6) is -1.85. The largest absolute Gasteiger partial charge is 0.417 e. The number of nitrogens with zero attached hydrogens (tertiary/aromatic N) is 2. The molecule has 0 fully saturated rings. The summed E-state index contributed by atoms with van der Waals surface area (Å²) in [7, 11) is -4.60. The lowest BCUT2D eigenvalue weighted by atomic mass is 10.1. The number of hydrogen-bond acceptors (Lipinski definition) is 4. The molecule has 44 heavy (non-hydrogen) atoms. The molecule has 1 N–H and O–H groups in total. The van der Waals surface area contributed by atoms with E-state index >= 15 is 0 Å². The molecule has 238 valence electrons. The summed E-state index contributed by atoms with van der Waals surface area (Å²) in [5.41, 5.74) is -0.530. The minimum absolute atomic E-state index is 0.148. The van der Waals surface area contributed by atoms with Crippen LogP contribution in [0.25, 0.3) is 0 Å². The lowest BCUT2D eigenvalue weighted by Gasteiger charge is -2.33. The van der Waals surface area contributed by atoms with Crippen molar-refractivity contribution in [2.75, 3.05) is 17.4 Å². The first-order chi connectivity index (χ1) is 20.7. The number of halogens is 5. The minimum atomic E-state index is -4.91. The van der Waals surface area contributed by atoms with Crippen LogP contribution in [-0.4, -0.2) is 44.3 Å². The Bertz CT molecular complexity index is 1550. The van der Waals surface area contributed by atoms with Crippen molar-refractivity contribution in [2.45, 2.75) is 63.7 Å². The van der Waals surface area contributed by atoms with Crippen LogP contribution in [0.1, 0.15) is 49.8 Å². The fourth-order valence-corrected chi connectivity index (χ4v) is 6.09. The van der Waals surface area contributed by atoms with Gasteiger partial charge >= 0.3 is 6.18 Å². The molecule has 0 aliphatic rings. The molecular formula is C31H34ClF4N3O4S. The van der Waals surface area contributed by atoms with Crippen molar-refractivity contribution in [1.29, 1.82) is 0 Å². The minimum Gasteiger partial charge on any atom is -0.354 e. The predicted molar refractivity (Wildman–Crippen MR) is 161 cm³/mol. The molecule has 0 aliphatic carbocycles. The van der Waals surface area contributed by atoms with Gasteiger partial charge in [0.25, 0.3) is 10.0 Å². The summed E-state index contributed by atoms with van der Waals surface area (Å²) < 4.78 is 83.4. The number of rotatable bonds is 13. The topological polar surface area (TPSA) is 86.8 Å². The molecule has 3 aromatic carbocycles. The Hall–Kier alpha value is -3.64. The summed E-state index contributed by atoms with van der Waals surface area (Å²) in [6.45, 7) is 4.57. The van der Waals surface area contributed by atoms with Crippen LogP contribution in [0.3, 0.4) is 0 Å². The molecule has 0 aliphatic heterocycles. The van der Waals surface area contributed by atoms with Crippen LogP contribution in [0.15, 0.2) is 71.6 Å². The van der Waals surface area contributed by atoms with Gasteiger partial charge in [0.05, 0.1) is 21.2 Å². The van der Waals surface area contributed by atoms with Crippen LogP contribution in [0.2, 0.25) is 5.02 Å². The maximum Gasteiger partial charge on any atom is 0.417 e. The Morgan fingerprint density at radius 3 is 2.18 bits per heavy atom. The number of alkyl halides is 3. The Morgan fingerprint density at radius 1 is 0.977 bits per heavy atom. The third-order valence-electron chi connectivity index (χ3n) is 6.91. The summed E-state index contributed by atoms with van der Waals surface area (Å²) in [6.07, 6.45) is -3.26. The zero-order chi connectivity index (χ0) is 32.7. The summed E-state index contributed by atoms with van der Waals surface area (Å²) in [5, 5.41) is 2.13. The second-order valence-electron chi connectivity index (χ2n) is 10.2. The molecule has 1 atom stereocenters. The van der Waals surface area contributed by atoms with Gasteiger partial charge in [0, 0.05) is 13.1 Å². The number of carbonyl (C=O) groups is 2. The number of aryl methyl sites for hydroxylation is 1. The van der Waals surface area contributed by atoms with E-state index in [1.807, 2.05) is 6.92 Å². The summed E-state index contributed by atoms with van der Waals surface area (Å²) >= 11 is 5.80. The molecular weight excluding hydrogens is 622 g/mol. The predicted octanol–water partition coefficient (Wildman–Crippen LogP) is 6.73. The molecule has 0 saturated carbocycles. The van der Waals surface area contributed by atoms with E-state index in [0.717, 1.165) is 29.0 Å². The standard InChI is InChI=1S/C31H34ClF4N3O4S/c1-4-6-17-37-30(41)28(5-2)38(19-22-9-11-23(33)12-10-22)29(40)20-39(44(42,43)25-14-7-21(3)8-15-25)24-13-16-27(32)26(18-24)31(34,35)36/h7-16,18,28H,4-6,17,19-20H2,1-3H3,(H,37,41). The van der Waals surface area contributed by atoms with Gasteiger partial charge in [0.2, 0.25) is 11.8 Å². The van der Waals surface area contributed by atoms with Crippen LogP contribution in [0.5, 0.6) is 0 Å². The maximum absolute atomic E-state index is 14.0. The first-order valence-electron chi connectivity index (χ1n) is 14.0. The second kappa shape index (κ2) is 14.9. The molecule has 3 rings (SSSR count). The van der Waals surface area contributed by atoms with E-state index in [2.05, 4.69) is 5.32 Å². The SMILES string of the molecule is CCCCNC(=O)C(CC)N(Cc1ccc(F)cc1)C(=O)CN(c1ccc(Cl)c(C(F)(F)F)c1)S(=O)(=O)c1ccc(C)cc1. The van der Waals surface area contributed by atoms with Gasteiger partial charge in [0.15, 0.2) is 0 Å². The summed E-state index contributed by atoms with van der Waals surface area (Å²) in [6, 6.07) is 12.3. The average molecular weight is 656 g/mol. The van der Waals surface area contributed by atoms with Gasteiger partial charge in [-0.3, -0.25) is 13.9 Å². The van der Waals surface area contributed by atoms with Crippen LogP contribution in [-0.2, 0) is 32.3 Å². The second-order valence-corrected chi connectivity index (χ2v) is 12.5. The Balaban J connectivity index is 2.12. The van der Waals surface area contributed by atoms with Crippen LogP contribution in [0, 0.1) is 12.7 Å². The molecule has 7 nitrogen and oxygen atoms in total. The van der Waals surface area contributed by atoms with Crippen molar-refractivity contribution in [3.63, 3.8) is 0 Å². The zero-order valence-electron chi connectivity index (χ0n) is 24.5. The van der Waals surface area contributed by atoms with Gasteiger partial charge in [-0.15, -0.1) is 0 Å². The fourth-order valence-electron chi connectivity index (χ4n) is 4.46. The van der Waals surface area contributed by atoms with Crippen LogP contribution < -0.4 is 9.62 Å². The first-order valence-corrected chi connectivity index (χ1v) is 15.8. The van der Waals surface area contributed by atoms with E-state index < -0.39 is 62.7 Å². The van der Waals surface area contributed by atoms with Crippen LogP contribution >= 0.6 is 11.6 Å². The Morgan fingerprint density at radius 2 is 1.61 bits per heavy atom.